The van der Waals surface area contributed by atoms with E-state index in [1.165, 1.54) is 22.7 Å². The topological polar surface area (TPSA) is 32.7 Å². The molecule has 1 aliphatic rings. The molecular formula is C18H13BrClF3N2OS. The summed E-state index contributed by atoms with van der Waals surface area (Å²) in [6, 6.07) is 10.1. The van der Waals surface area contributed by atoms with E-state index in [2.05, 4.69) is 20.9 Å². The molecule has 2 aromatic carbocycles. The third kappa shape index (κ3) is 4.86. The van der Waals surface area contributed by atoms with E-state index in [4.69, 9.17) is 11.6 Å². The van der Waals surface area contributed by atoms with Gasteiger partial charge in [0.1, 0.15) is 0 Å². The minimum Gasteiger partial charge on any atom is -0.286 e. The smallest absolute Gasteiger partial charge is 0.286 e. The molecule has 142 valence electrons. The average molecular weight is 478 g/mol. The highest BCUT2D eigenvalue weighted by Gasteiger charge is 2.31. The zero-order valence-electron chi connectivity index (χ0n) is 13.8. The molecule has 0 N–H and O–H groups in total. The Balaban J connectivity index is 1.72. The largest absolute Gasteiger partial charge is 0.416 e. The predicted octanol–water partition coefficient (Wildman–Crippen LogP) is 5.87. The first-order chi connectivity index (χ1) is 12.8. The predicted molar refractivity (Wildman–Crippen MR) is 105 cm³/mol. The fraction of sp³-hybridized carbons (Fsp3) is 0.222. The number of nitrogens with zero attached hydrogens (tertiary/aromatic N) is 2. The Bertz CT molecular complexity index is 904. The first-order valence-electron chi connectivity index (χ1n) is 7.86. The molecular weight excluding hydrogens is 465 g/mol. The van der Waals surface area contributed by atoms with Gasteiger partial charge in [-0.15, -0.1) is 0 Å². The minimum absolute atomic E-state index is 0.277. The summed E-state index contributed by atoms with van der Waals surface area (Å²) in [6.45, 7) is 0.856. The number of aliphatic imine (C=N–C) groups is 1. The molecule has 3 rings (SSSR count). The van der Waals surface area contributed by atoms with Crippen molar-refractivity contribution in [3.05, 3.63) is 68.7 Å². The number of hydrogen-bond acceptors (Lipinski definition) is 3. The van der Waals surface area contributed by atoms with Crippen LogP contribution in [0.1, 0.15) is 21.5 Å². The van der Waals surface area contributed by atoms with Crippen molar-refractivity contribution in [3.8, 4) is 0 Å². The Labute approximate surface area is 171 Å². The molecule has 0 aromatic heterocycles. The number of alkyl halides is 3. The molecule has 0 aliphatic carbocycles. The van der Waals surface area contributed by atoms with Gasteiger partial charge in [-0.2, -0.15) is 13.2 Å². The molecule has 0 spiro atoms. The van der Waals surface area contributed by atoms with Crippen LogP contribution in [0, 0.1) is 0 Å². The summed E-state index contributed by atoms with van der Waals surface area (Å²) in [5.41, 5.74) is 0.167. The molecule has 0 saturated carbocycles. The van der Waals surface area contributed by atoms with Gasteiger partial charge in [-0.3, -0.25) is 14.7 Å². The second kappa shape index (κ2) is 8.24. The van der Waals surface area contributed by atoms with Crippen molar-refractivity contribution in [1.29, 1.82) is 0 Å². The first-order valence-corrected chi connectivity index (χ1v) is 10.0. The fourth-order valence-electron chi connectivity index (χ4n) is 2.53. The minimum atomic E-state index is -4.38. The van der Waals surface area contributed by atoms with E-state index in [1.54, 1.807) is 24.3 Å². The molecule has 1 aliphatic heterocycles. The van der Waals surface area contributed by atoms with Crippen LogP contribution in [0.4, 0.5) is 13.2 Å². The number of carbonyl (C=O) groups excluding carboxylic acids is 1. The first kappa shape index (κ1) is 20.2. The van der Waals surface area contributed by atoms with E-state index in [9.17, 15) is 18.0 Å². The van der Waals surface area contributed by atoms with Crippen molar-refractivity contribution in [2.45, 2.75) is 11.9 Å². The van der Waals surface area contributed by atoms with Crippen molar-refractivity contribution in [3.63, 3.8) is 0 Å². The standard InChI is InChI=1S/C18H13BrClF3N2OS/c19-13-4-5-15(20)14(9-13)16(26)25-7-6-24-17(25)27-10-11-2-1-3-12(8-11)18(21,22)23/h1-5,8-9H,6-7,10H2. The lowest BCUT2D eigenvalue weighted by atomic mass is 10.1. The summed E-state index contributed by atoms with van der Waals surface area (Å²) in [5.74, 6) is -0.00671. The second-order valence-electron chi connectivity index (χ2n) is 5.73. The second-order valence-corrected chi connectivity index (χ2v) is 8.00. The maximum absolute atomic E-state index is 12.8. The summed E-state index contributed by atoms with van der Waals surface area (Å²) < 4.78 is 39.2. The quantitative estimate of drug-likeness (QED) is 0.554. The summed E-state index contributed by atoms with van der Waals surface area (Å²) >= 11 is 10.7. The summed E-state index contributed by atoms with van der Waals surface area (Å²) in [5, 5.41) is 0.811. The van der Waals surface area contributed by atoms with Crippen molar-refractivity contribution < 1.29 is 18.0 Å². The number of thioether (sulfide) groups is 1. The van der Waals surface area contributed by atoms with Gasteiger partial charge >= 0.3 is 6.18 Å². The van der Waals surface area contributed by atoms with Crippen LogP contribution in [-0.2, 0) is 11.9 Å². The van der Waals surface area contributed by atoms with Gasteiger partial charge in [0.25, 0.3) is 5.91 Å². The van der Waals surface area contributed by atoms with Crippen LogP contribution in [-0.4, -0.2) is 29.1 Å². The highest BCUT2D eigenvalue weighted by atomic mass is 79.9. The molecule has 9 heteroatoms. The van der Waals surface area contributed by atoms with E-state index in [0.717, 1.165) is 16.6 Å². The summed E-state index contributed by atoms with van der Waals surface area (Å²) in [4.78, 5) is 18.6. The fourth-order valence-corrected chi connectivity index (χ4v) is 4.08. The summed E-state index contributed by atoms with van der Waals surface area (Å²) in [6.07, 6.45) is -4.38. The number of benzene rings is 2. The van der Waals surface area contributed by atoms with Crippen LogP contribution in [0.25, 0.3) is 0 Å². The molecule has 0 fully saturated rings. The van der Waals surface area contributed by atoms with Gasteiger partial charge in [-0.1, -0.05) is 57.5 Å². The molecule has 0 bridgehead atoms. The van der Waals surface area contributed by atoms with Crippen LogP contribution in [0.15, 0.2) is 51.9 Å². The lowest BCUT2D eigenvalue weighted by Crippen LogP contribution is -2.33. The van der Waals surface area contributed by atoms with Gasteiger partial charge in [0, 0.05) is 16.8 Å². The maximum Gasteiger partial charge on any atom is 0.416 e. The Kier molecular flexibility index (Phi) is 6.18. The lowest BCUT2D eigenvalue weighted by molar-refractivity contribution is -0.137. The Morgan fingerprint density at radius 2 is 2.04 bits per heavy atom. The van der Waals surface area contributed by atoms with Gasteiger partial charge < -0.3 is 0 Å². The number of halogens is 5. The highest BCUT2D eigenvalue weighted by molar-refractivity contribution is 9.10. The van der Waals surface area contributed by atoms with E-state index in [1.807, 2.05) is 0 Å². The average Bonchev–Trinajstić information content (AvgIpc) is 3.09. The molecule has 1 amide bonds. The molecule has 1 heterocycles. The normalized spacial score (nSPS) is 14.4. The third-order valence-electron chi connectivity index (χ3n) is 3.83. The lowest BCUT2D eigenvalue weighted by Gasteiger charge is -2.19. The Morgan fingerprint density at radius 1 is 1.26 bits per heavy atom. The molecule has 3 nitrogen and oxygen atoms in total. The van der Waals surface area contributed by atoms with Crippen molar-refractivity contribution >= 4 is 50.4 Å². The molecule has 27 heavy (non-hydrogen) atoms. The molecule has 0 unspecified atom stereocenters. The van der Waals surface area contributed by atoms with Crippen molar-refractivity contribution in [2.24, 2.45) is 4.99 Å². The highest BCUT2D eigenvalue weighted by Crippen LogP contribution is 2.31. The molecule has 0 radical (unpaired) electrons. The van der Waals surface area contributed by atoms with Crippen LogP contribution < -0.4 is 0 Å². The van der Waals surface area contributed by atoms with Crippen molar-refractivity contribution in [1.82, 2.24) is 4.90 Å². The zero-order valence-corrected chi connectivity index (χ0v) is 16.9. The van der Waals surface area contributed by atoms with Crippen LogP contribution in [0.5, 0.6) is 0 Å². The van der Waals surface area contributed by atoms with Gasteiger partial charge in [0.05, 0.1) is 22.7 Å². The number of amidine groups is 1. The van der Waals surface area contributed by atoms with Gasteiger partial charge in [0.2, 0.25) is 0 Å². The SMILES string of the molecule is O=C(c1cc(Br)ccc1Cl)N1CCN=C1SCc1cccc(C(F)(F)F)c1. The number of amides is 1. The zero-order chi connectivity index (χ0) is 19.6. The summed E-state index contributed by atoms with van der Waals surface area (Å²) in [7, 11) is 0. The van der Waals surface area contributed by atoms with Crippen LogP contribution >= 0.6 is 39.3 Å². The van der Waals surface area contributed by atoms with Crippen molar-refractivity contribution in [2.75, 3.05) is 13.1 Å². The Hall–Kier alpha value is -1.51. The van der Waals surface area contributed by atoms with E-state index < -0.39 is 11.7 Å². The molecule has 0 saturated heterocycles. The van der Waals surface area contributed by atoms with Crippen LogP contribution in [0.3, 0.4) is 0 Å². The third-order valence-corrected chi connectivity index (χ3v) is 5.74. The van der Waals surface area contributed by atoms with Gasteiger partial charge in [-0.05, 0) is 29.8 Å². The Morgan fingerprint density at radius 3 is 2.78 bits per heavy atom. The van der Waals surface area contributed by atoms with Gasteiger partial charge in [0.15, 0.2) is 5.17 Å². The van der Waals surface area contributed by atoms with E-state index in [0.29, 0.717) is 34.4 Å². The monoisotopic (exact) mass is 476 g/mol. The number of hydrogen-bond donors (Lipinski definition) is 0. The van der Waals surface area contributed by atoms with E-state index >= 15 is 0 Å². The number of rotatable bonds is 3. The molecule has 0 atom stereocenters. The van der Waals surface area contributed by atoms with Gasteiger partial charge in [-0.25, -0.2) is 0 Å². The molecule has 2 aromatic rings. The van der Waals surface area contributed by atoms with E-state index in [-0.39, 0.29) is 11.7 Å². The number of carbonyl (C=O) groups is 1. The maximum atomic E-state index is 12.8. The van der Waals surface area contributed by atoms with Crippen LogP contribution in [0.2, 0.25) is 5.02 Å².